The van der Waals surface area contributed by atoms with Gasteiger partial charge < -0.3 is 18.6 Å². The van der Waals surface area contributed by atoms with Crippen LogP contribution in [0.1, 0.15) is 48.0 Å². The van der Waals surface area contributed by atoms with Crippen LogP contribution in [0.5, 0.6) is 5.75 Å². The minimum atomic E-state index is -0.141. The van der Waals surface area contributed by atoms with Gasteiger partial charge in [0.15, 0.2) is 22.9 Å². The summed E-state index contributed by atoms with van der Waals surface area (Å²) in [5, 5.41) is 4.82. The fourth-order valence-electron chi connectivity index (χ4n) is 2.91. The summed E-state index contributed by atoms with van der Waals surface area (Å²) in [4.78, 5) is 18.7. The Labute approximate surface area is 144 Å². The number of hydrogen-bond donors (Lipinski definition) is 0. The van der Waals surface area contributed by atoms with Crippen LogP contribution in [0.4, 0.5) is 0 Å². The van der Waals surface area contributed by atoms with Gasteiger partial charge >= 0.3 is 0 Å². The fraction of sp³-hybridized carbons (Fsp3) is 0.389. The first-order valence-electron chi connectivity index (χ1n) is 8.26. The van der Waals surface area contributed by atoms with E-state index in [9.17, 15) is 4.79 Å². The molecule has 3 aromatic rings. The van der Waals surface area contributed by atoms with Gasteiger partial charge in [0.1, 0.15) is 0 Å². The first-order valence-corrected chi connectivity index (χ1v) is 8.26. The summed E-state index contributed by atoms with van der Waals surface area (Å²) in [7, 11) is 1.58. The quantitative estimate of drug-likeness (QED) is 0.725. The highest BCUT2D eigenvalue weighted by Gasteiger charge is 2.37. The second-order valence-electron chi connectivity index (χ2n) is 6.54. The minimum Gasteiger partial charge on any atom is -0.493 e. The zero-order valence-electron chi connectivity index (χ0n) is 14.4. The molecule has 1 aliphatic heterocycles. The van der Waals surface area contributed by atoms with Crippen molar-refractivity contribution in [3.05, 3.63) is 41.7 Å². The molecule has 25 heavy (non-hydrogen) atoms. The average Bonchev–Trinajstić information content (AvgIpc) is 3.19. The van der Waals surface area contributed by atoms with E-state index >= 15 is 0 Å². The molecule has 7 heteroatoms. The second-order valence-corrected chi connectivity index (χ2v) is 6.54. The van der Waals surface area contributed by atoms with E-state index in [1.165, 1.54) is 0 Å². The lowest BCUT2D eigenvalue weighted by Gasteiger charge is -2.36. The summed E-state index contributed by atoms with van der Waals surface area (Å²) in [6.07, 6.45) is 0. The van der Waals surface area contributed by atoms with Crippen molar-refractivity contribution in [1.29, 1.82) is 0 Å². The lowest BCUT2D eigenvalue weighted by atomic mass is 9.99. The lowest BCUT2D eigenvalue weighted by Crippen LogP contribution is -2.48. The van der Waals surface area contributed by atoms with Crippen LogP contribution in [-0.4, -0.2) is 41.1 Å². The number of ether oxygens (including phenoxy) is 1. The Morgan fingerprint density at radius 1 is 1.36 bits per heavy atom. The molecule has 7 nitrogen and oxygen atoms in total. The molecule has 1 amide bonds. The normalized spacial score (nSPS) is 15.0. The molecule has 0 unspecified atom stereocenters. The molecule has 1 aromatic carbocycles. The summed E-state index contributed by atoms with van der Waals surface area (Å²) in [6.45, 7) is 5.13. The third kappa shape index (κ3) is 2.65. The third-order valence-electron chi connectivity index (χ3n) is 4.43. The van der Waals surface area contributed by atoms with E-state index in [4.69, 9.17) is 13.7 Å². The fourth-order valence-corrected chi connectivity index (χ4v) is 2.91. The number of carbonyl (C=O) groups is 1. The minimum absolute atomic E-state index is 0.0860. The van der Waals surface area contributed by atoms with Crippen LogP contribution in [-0.2, 0) is 0 Å². The van der Waals surface area contributed by atoms with E-state index in [0.29, 0.717) is 41.9 Å². The molecule has 3 heterocycles. The second kappa shape index (κ2) is 5.91. The van der Waals surface area contributed by atoms with Crippen LogP contribution in [0.2, 0.25) is 0 Å². The van der Waals surface area contributed by atoms with Crippen molar-refractivity contribution in [3.63, 3.8) is 0 Å². The van der Waals surface area contributed by atoms with Gasteiger partial charge in [0, 0.05) is 24.4 Å². The van der Waals surface area contributed by atoms with E-state index in [-0.39, 0.29) is 17.7 Å². The predicted molar refractivity (Wildman–Crippen MR) is 89.8 cm³/mol. The van der Waals surface area contributed by atoms with Gasteiger partial charge in [-0.3, -0.25) is 4.79 Å². The molecule has 0 radical (unpaired) electrons. The van der Waals surface area contributed by atoms with Crippen molar-refractivity contribution in [1.82, 2.24) is 15.0 Å². The highest BCUT2D eigenvalue weighted by molar-refractivity contribution is 5.97. The Morgan fingerprint density at radius 3 is 2.84 bits per heavy atom. The van der Waals surface area contributed by atoms with E-state index in [1.54, 1.807) is 18.1 Å². The first kappa shape index (κ1) is 15.7. The predicted octanol–water partition coefficient (Wildman–Crippen LogP) is 3.19. The van der Waals surface area contributed by atoms with Crippen molar-refractivity contribution in [3.8, 4) is 5.75 Å². The Balaban J connectivity index is 1.48. The largest absolute Gasteiger partial charge is 0.493 e. The summed E-state index contributed by atoms with van der Waals surface area (Å²) < 4.78 is 16.3. The zero-order valence-corrected chi connectivity index (χ0v) is 14.4. The molecule has 0 aliphatic carbocycles. The molecule has 0 bridgehead atoms. The first-order chi connectivity index (χ1) is 12.1. The molecule has 0 spiro atoms. The van der Waals surface area contributed by atoms with Gasteiger partial charge in [-0.1, -0.05) is 31.1 Å². The number of nitrogens with zero attached hydrogens (tertiary/aromatic N) is 3. The molecule has 1 fully saturated rings. The number of likely N-dealkylation sites (tertiary alicyclic amines) is 1. The molecule has 4 rings (SSSR count). The summed E-state index contributed by atoms with van der Waals surface area (Å²) in [6, 6.07) is 7.31. The number of furan rings is 1. The number of amides is 1. The van der Waals surface area contributed by atoms with Gasteiger partial charge in [-0.15, -0.1) is 0 Å². The van der Waals surface area contributed by atoms with E-state index in [1.807, 2.05) is 32.0 Å². The molecular weight excluding hydrogens is 322 g/mol. The van der Waals surface area contributed by atoms with E-state index in [0.717, 1.165) is 5.39 Å². The summed E-state index contributed by atoms with van der Waals surface area (Å²) >= 11 is 0. The molecule has 0 atom stereocenters. The molecular formula is C18H19N3O4. The molecule has 1 saturated heterocycles. The number of rotatable bonds is 4. The standard InChI is InChI=1S/C18H19N3O4/c1-10(2)16-19-17(25-20-16)12-8-21(9-12)18(22)14-7-11-5-4-6-13(23-3)15(11)24-14/h4-7,10,12H,8-9H2,1-3H3. The highest BCUT2D eigenvalue weighted by atomic mass is 16.5. The number of benzene rings is 1. The van der Waals surface area contributed by atoms with E-state index in [2.05, 4.69) is 10.1 Å². The Morgan fingerprint density at radius 2 is 2.16 bits per heavy atom. The summed E-state index contributed by atoms with van der Waals surface area (Å²) in [5.74, 6) is 2.39. The number of aromatic nitrogens is 2. The van der Waals surface area contributed by atoms with Gasteiger partial charge in [-0.2, -0.15) is 4.98 Å². The number of hydrogen-bond acceptors (Lipinski definition) is 6. The van der Waals surface area contributed by atoms with Crippen LogP contribution >= 0.6 is 0 Å². The SMILES string of the molecule is COc1cccc2cc(C(=O)N3CC(c4nc(C(C)C)no4)C3)oc12. The maximum absolute atomic E-state index is 12.6. The van der Waals surface area contributed by atoms with Crippen molar-refractivity contribution in [2.24, 2.45) is 0 Å². The lowest BCUT2D eigenvalue weighted by molar-refractivity contribution is 0.0539. The Kier molecular flexibility index (Phi) is 3.71. The highest BCUT2D eigenvalue weighted by Crippen LogP contribution is 2.32. The van der Waals surface area contributed by atoms with Gasteiger partial charge in [0.25, 0.3) is 5.91 Å². The van der Waals surface area contributed by atoms with Crippen LogP contribution in [0.15, 0.2) is 33.2 Å². The monoisotopic (exact) mass is 341 g/mol. The number of fused-ring (bicyclic) bond motifs is 1. The Hall–Kier alpha value is -2.83. The number of para-hydroxylation sites is 1. The topological polar surface area (TPSA) is 81.6 Å². The molecule has 0 N–H and O–H groups in total. The molecule has 130 valence electrons. The molecule has 2 aromatic heterocycles. The number of methoxy groups -OCH3 is 1. The van der Waals surface area contributed by atoms with Crippen molar-refractivity contribution in [2.75, 3.05) is 20.2 Å². The van der Waals surface area contributed by atoms with Crippen LogP contribution in [0.25, 0.3) is 11.0 Å². The van der Waals surface area contributed by atoms with Gasteiger partial charge in [0.05, 0.1) is 13.0 Å². The zero-order chi connectivity index (χ0) is 17.6. The van der Waals surface area contributed by atoms with E-state index < -0.39 is 0 Å². The van der Waals surface area contributed by atoms with Crippen molar-refractivity contribution in [2.45, 2.75) is 25.7 Å². The van der Waals surface area contributed by atoms with Crippen LogP contribution < -0.4 is 4.74 Å². The Bertz CT molecular complexity index is 921. The van der Waals surface area contributed by atoms with Crippen LogP contribution in [0, 0.1) is 0 Å². The molecule has 0 saturated carbocycles. The smallest absolute Gasteiger partial charge is 0.289 e. The van der Waals surface area contributed by atoms with Crippen LogP contribution in [0.3, 0.4) is 0 Å². The maximum atomic E-state index is 12.6. The van der Waals surface area contributed by atoms with Gasteiger partial charge in [-0.05, 0) is 12.1 Å². The maximum Gasteiger partial charge on any atom is 0.289 e. The van der Waals surface area contributed by atoms with Gasteiger partial charge in [-0.25, -0.2) is 0 Å². The average molecular weight is 341 g/mol. The van der Waals surface area contributed by atoms with Crippen molar-refractivity contribution < 1.29 is 18.5 Å². The molecule has 1 aliphatic rings. The number of carbonyl (C=O) groups excluding carboxylic acids is 1. The summed E-state index contributed by atoms with van der Waals surface area (Å²) in [5.41, 5.74) is 0.587. The third-order valence-corrected chi connectivity index (χ3v) is 4.43. The van der Waals surface area contributed by atoms with Gasteiger partial charge in [0.2, 0.25) is 5.89 Å². The van der Waals surface area contributed by atoms with Crippen molar-refractivity contribution >= 4 is 16.9 Å².